The molecule has 2 heterocycles. The molecule has 0 fully saturated rings. The van der Waals surface area contributed by atoms with E-state index in [9.17, 15) is 9.18 Å². The third kappa shape index (κ3) is 3.84. The van der Waals surface area contributed by atoms with Crippen LogP contribution in [-0.4, -0.2) is 22.5 Å². The van der Waals surface area contributed by atoms with Gasteiger partial charge >= 0.3 is 0 Å². The lowest BCUT2D eigenvalue weighted by Crippen LogP contribution is -2.20. The number of fused-ring (bicyclic) bond motifs is 1. The number of aromatic nitrogens is 2. The second kappa shape index (κ2) is 7.74. The Morgan fingerprint density at radius 3 is 2.61 bits per heavy atom. The molecule has 0 bridgehead atoms. The second-order valence-corrected chi connectivity index (χ2v) is 7.08. The normalized spacial score (nSPS) is 10.8. The number of thiophene rings is 1. The van der Waals surface area contributed by atoms with E-state index in [4.69, 9.17) is 4.74 Å². The lowest BCUT2D eigenvalue weighted by atomic mass is 10.1. The molecule has 4 rings (SSSR count). The number of hydrogen-bond acceptors (Lipinski definition) is 5. The first kappa shape index (κ1) is 18.1. The molecule has 28 heavy (non-hydrogen) atoms. The highest BCUT2D eigenvalue weighted by molar-refractivity contribution is 7.17. The van der Waals surface area contributed by atoms with Gasteiger partial charge in [0.25, 0.3) is 5.91 Å². The van der Waals surface area contributed by atoms with Crippen molar-refractivity contribution < 1.29 is 13.9 Å². The lowest BCUT2D eigenvalue weighted by molar-refractivity contribution is -0.118. The van der Waals surface area contributed by atoms with Crippen molar-refractivity contribution in [2.75, 3.05) is 11.9 Å². The van der Waals surface area contributed by atoms with Crippen molar-refractivity contribution >= 4 is 33.1 Å². The Bertz CT molecular complexity index is 1120. The first-order valence-electron chi connectivity index (χ1n) is 8.57. The van der Waals surface area contributed by atoms with Gasteiger partial charge in [-0.2, -0.15) is 0 Å². The van der Waals surface area contributed by atoms with Crippen LogP contribution in [0.1, 0.15) is 5.56 Å². The summed E-state index contributed by atoms with van der Waals surface area (Å²) in [7, 11) is 0. The van der Waals surface area contributed by atoms with E-state index in [0.717, 1.165) is 21.5 Å². The number of nitrogens with one attached hydrogen (secondary N) is 1. The van der Waals surface area contributed by atoms with Crippen LogP contribution in [-0.2, 0) is 4.79 Å². The maximum atomic E-state index is 13.2. The number of anilines is 1. The molecule has 0 saturated carbocycles. The van der Waals surface area contributed by atoms with E-state index >= 15 is 0 Å². The third-order valence-electron chi connectivity index (χ3n) is 4.17. The number of ether oxygens (including phenoxy) is 1. The van der Waals surface area contributed by atoms with Gasteiger partial charge in [-0.15, -0.1) is 11.3 Å². The summed E-state index contributed by atoms with van der Waals surface area (Å²) in [5, 5.41) is 5.42. The quantitative estimate of drug-likeness (QED) is 0.528. The summed E-state index contributed by atoms with van der Waals surface area (Å²) in [5.41, 5.74) is 3.49. The number of rotatable bonds is 5. The van der Waals surface area contributed by atoms with Gasteiger partial charge in [-0.3, -0.25) is 4.79 Å². The number of carbonyl (C=O) groups excluding carboxylic acids is 1. The van der Waals surface area contributed by atoms with Crippen molar-refractivity contribution in [3.05, 3.63) is 71.6 Å². The van der Waals surface area contributed by atoms with Gasteiger partial charge in [0.1, 0.15) is 17.0 Å². The van der Waals surface area contributed by atoms with Crippen molar-refractivity contribution in [2.24, 2.45) is 0 Å². The average molecular weight is 393 g/mol. The summed E-state index contributed by atoms with van der Waals surface area (Å²) in [4.78, 5) is 21.4. The van der Waals surface area contributed by atoms with E-state index in [1.54, 1.807) is 12.1 Å². The second-order valence-electron chi connectivity index (χ2n) is 6.22. The molecule has 2 aromatic heterocycles. The largest absolute Gasteiger partial charge is 0.467 e. The van der Waals surface area contributed by atoms with Crippen molar-refractivity contribution in [1.29, 1.82) is 0 Å². The molecule has 0 saturated heterocycles. The topological polar surface area (TPSA) is 64.1 Å². The third-order valence-corrected chi connectivity index (χ3v) is 5.05. The predicted molar refractivity (Wildman–Crippen MR) is 108 cm³/mol. The lowest BCUT2D eigenvalue weighted by Gasteiger charge is -2.09. The van der Waals surface area contributed by atoms with Crippen LogP contribution in [0.15, 0.2) is 60.2 Å². The minimum absolute atomic E-state index is 0.182. The Kier molecular flexibility index (Phi) is 4.99. The van der Waals surface area contributed by atoms with Crippen molar-refractivity contribution in [1.82, 2.24) is 9.97 Å². The van der Waals surface area contributed by atoms with Gasteiger partial charge in [-0.25, -0.2) is 14.4 Å². The monoisotopic (exact) mass is 393 g/mol. The molecule has 0 radical (unpaired) electrons. The minimum Gasteiger partial charge on any atom is -0.467 e. The fraction of sp³-hybridized carbons (Fsp3) is 0.0952. The molecule has 7 heteroatoms. The molecule has 0 aliphatic heterocycles. The molecule has 5 nitrogen and oxygen atoms in total. The molecule has 1 N–H and O–H groups in total. The van der Waals surface area contributed by atoms with E-state index in [2.05, 4.69) is 15.3 Å². The molecular weight excluding hydrogens is 377 g/mol. The van der Waals surface area contributed by atoms with Gasteiger partial charge in [-0.05, 0) is 36.8 Å². The summed E-state index contributed by atoms with van der Waals surface area (Å²) in [5.74, 6) is -0.261. The SMILES string of the molecule is Cc1ccc(NC(=O)COc2ncnc3scc(-c4ccc(F)cc4)c23)cc1. The summed E-state index contributed by atoms with van der Waals surface area (Å²) in [6.07, 6.45) is 1.40. The molecule has 2 aromatic carbocycles. The Hall–Kier alpha value is -3.32. The van der Waals surface area contributed by atoms with Crippen molar-refractivity contribution in [2.45, 2.75) is 6.92 Å². The van der Waals surface area contributed by atoms with Crippen molar-refractivity contribution in [3.63, 3.8) is 0 Å². The molecule has 0 aliphatic rings. The number of hydrogen-bond donors (Lipinski definition) is 1. The zero-order valence-corrected chi connectivity index (χ0v) is 15.8. The smallest absolute Gasteiger partial charge is 0.262 e. The van der Waals surface area contributed by atoms with E-state index in [1.165, 1.54) is 29.8 Å². The molecule has 0 atom stereocenters. The van der Waals surface area contributed by atoms with E-state index in [1.807, 2.05) is 36.6 Å². The van der Waals surface area contributed by atoms with Crippen LogP contribution >= 0.6 is 11.3 Å². The molecule has 0 spiro atoms. The van der Waals surface area contributed by atoms with Crippen LogP contribution in [0.4, 0.5) is 10.1 Å². The Morgan fingerprint density at radius 1 is 1.11 bits per heavy atom. The van der Waals surface area contributed by atoms with Gasteiger partial charge < -0.3 is 10.1 Å². The zero-order chi connectivity index (χ0) is 19.5. The molecule has 1 amide bonds. The van der Waals surface area contributed by atoms with Crippen LogP contribution in [0.3, 0.4) is 0 Å². The van der Waals surface area contributed by atoms with Crippen LogP contribution in [0.2, 0.25) is 0 Å². The zero-order valence-electron chi connectivity index (χ0n) is 15.0. The molecular formula is C21H16FN3O2S. The Balaban J connectivity index is 1.55. The van der Waals surface area contributed by atoms with Gasteiger partial charge in [0.2, 0.25) is 5.88 Å². The van der Waals surface area contributed by atoms with E-state index in [0.29, 0.717) is 17.0 Å². The minimum atomic E-state index is -0.302. The number of halogens is 1. The predicted octanol–water partition coefficient (Wildman–Crippen LogP) is 4.82. The first-order valence-corrected chi connectivity index (χ1v) is 9.45. The highest BCUT2D eigenvalue weighted by Crippen LogP contribution is 2.37. The summed E-state index contributed by atoms with van der Waals surface area (Å²) in [6, 6.07) is 13.7. The van der Waals surface area contributed by atoms with Crippen LogP contribution in [0.5, 0.6) is 5.88 Å². The molecule has 4 aromatic rings. The van der Waals surface area contributed by atoms with Gasteiger partial charge in [0, 0.05) is 16.6 Å². The van der Waals surface area contributed by atoms with Crippen LogP contribution < -0.4 is 10.1 Å². The van der Waals surface area contributed by atoms with Crippen LogP contribution in [0, 0.1) is 12.7 Å². The Labute approximate surface area is 164 Å². The summed E-state index contributed by atoms with van der Waals surface area (Å²) in [6.45, 7) is 1.80. The highest BCUT2D eigenvalue weighted by atomic mass is 32.1. The fourth-order valence-electron chi connectivity index (χ4n) is 2.77. The maximum Gasteiger partial charge on any atom is 0.262 e. The molecule has 0 unspecified atom stereocenters. The van der Waals surface area contributed by atoms with Gasteiger partial charge in [0.05, 0.1) is 5.39 Å². The van der Waals surface area contributed by atoms with Gasteiger partial charge in [0.15, 0.2) is 6.61 Å². The average Bonchev–Trinajstić information content (AvgIpc) is 3.13. The fourth-order valence-corrected chi connectivity index (χ4v) is 3.67. The van der Waals surface area contributed by atoms with Crippen LogP contribution in [0.25, 0.3) is 21.3 Å². The number of amides is 1. The summed E-state index contributed by atoms with van der Waals surface area (Å²) >= 11 is 1.44. The number of nitrogens with zero attached hydrogens (tertiary/aromatic N) is 2. The summed E-state index contributed by atoms with van der Waals surface area (Å²) < 4.78 is 18.9. The highest BCUT2D eigenvalue weighted by Gasteiger charge is 2.15. The number of benzene rings is 2. The number of aryl methyl sites for hydroxylation is 1. The van der Waals surface area contributed by atoms with Gasteiger partial charge in [-0.1, -0.05) is 29.8 Å². The van der Waals surface area contributed by atoms with Crippen molar-refractivity contribution in [3.8, 4) is 17.0 Å². The molecule has 140 valence electrons. The standard InChI is InChI=1S/C21H16FN3O2S/c1-13-2-8-16(9-3-13)25-18(26)10-27-20-19-17(11-28-21(19)24-12-23-20)14-4-6-15(22)7-5-14/h2-9,11-12H,10H2,1H3,(H,25,26). The Morgan fingerprint density at radius 2 is 1.86 bits per heavy atom. The molecule has 0 aliphatic carbocycles. The van der Waals surface area contributed by atoms with E-state index in [-0.39, 0.29) is 18.3 Å². The first-order chi connectivity index (χ1) is 13.6. The maximum absolute atomic E-state index is 13.2. The number of carbonyl (C=O) groups is 1. The van der Waals surface area contributed by atoms with E-state index < -0.39 is 0 Å².